The molecule has 0 aromatic heterocycles. The van der Waals surface area contributed by atoms with Crippen molar-refractivity contribution in [1.29, 1.82) is 0 Å². The highest BCUT2D eigenvalue weighted by Crippen LogP contribution is 2.67. The molecule has 0 saturated heterocycles. The minimum Gasteiger partial charge on any atom is -0.378 e. The van der Waals surface area contributed by atoms with E-state index in [-0.39, 0.29) is 0 Å². The Morgan fingerprint density at radius 1 is 1.00 bits per heavy atom. The van der Waals surface area contributed by atoms with Crippen LogP contribution in [0.4, 0.5) is 0 Å². The second-order valence-corrected chi connectivity index (χ2v) is 13.7. The highest BCUT2D eigenvalue weighted by Gasteiger charge is 2.59. The third kappa shape index (κ3) is 5.19. The summed E-state index contributed by atoms with van der Waals surface area (Å²) in [4.78, 5) is 0. The molecule has 1 nitrogen and oxygen atoms in total. The van der Waals surface area contributed by atoms with Crippen LogP contribution in [0.2, 0.25) is 0 Å². The average molecular weight is 467 g/mol. The zero-order valence-corrected chi connectivity index (χ0v) is 23.2. The first-order chi connectivity index (χ1) is 16.3. The summed E-state index contributed by atoms with van der Waals surface area (Å²) in [6, 6.07) is 0. The smallest absolute Gasteiger partial charge is 0.0612 e. The Balaban J connectivity index is 1.38. The maximum absolute atomic E-state index is 6.32. The van der Waals surface area contributed by atoms with E-state index in [2.05, 4.69) is 46.6 Å². The third-order valence-corrected chi connectivity index (χ3v) is 11.3. The van der Waals surface area contributed by atoms with Gasteiger partial charge in [-0.1, -0.05) is 65.5 Å². The summed E-state index contributed by atoms with van der Waals surface area (Å²) in [7, 11) is 0. The van der Waals surface area contributed by atoms with Crippen LogP contribution in [0.15, 0.2) is 11.6 Å². The summed E-state index contributed by atoms with van der Waals surface area (Å²) in [5.74, 6) is 8.28. The van der Waals surface area contributed by atoms with E-state index in [4.69, 9.17) is 11.2 Å². The van der Waals surface area contributed by atoms with Gasteiger partial charge in [0, 0.05) is 13.0 Å². The molecule has 4 rings (SSSR count). The van der Waals surface area contributed by atoms with E-state index in [0.717, 1.165) is 61.4 Å². The fourth-order valence-corrected chi connectivity index (χ4v) is 9.37. The second kappa shape index (κ2) is 11.1. The minimum atomic E-state index is 0.439. The van der Waals surface area contributed by atoms with E-state index >= 15 is 0 Å². The Bertz CT molecular complexity index is 742. The molecule has 192 valence electrons. The molecule has 0 aromatic rings. The summed E-state index contributed by atoms with van der Waals surface area (Å²) in [6.45, 7) is 13.6. The lowest BCUT2D eigenvalue weighted by Gasteiger charge is -2.58. The highest BCUT2D eigenvalue weighted by atomic mass is 16.5. The molecule has 0 N–H and O–H groups in total. The van der Waals surface area contributed by atoms with E-state index in [1.165, 1.54) is 70.6 Å². The molecule has 0 bridgehead atoms. The third-order valence-electron chi connectivity index (χ3n) is 11.3. The van der Waals surface area contributed by atoms with Crippen molar-refractivity contribution in [2.75, 3.05) is 6.61 Å². The largest absolute Gasteiger partial charge is 0.378 e. The maximum Gasteiger partial charge on any atom is 0.0612 e. The van der Waals surface area contributed by atoms with Gasteiger partial charge in [0.1, 0.15) is 0 Å². The topological polar surface area (TPSA) is 9.23 Å². The molecule has 0 heterocycles. The molecule has 0 radical (unpaired) electrons. The normalized spacial score (nSPS) is 40.1. The van der Waals surface area contributed by atoms with Gasteiger partial charge >= 0.3 is 0 Å². The minimum absolute atomic E-state index is 0.439. The van der Waals surface area contributed by atoms with Crippen molar-refractivity contribution in [3.05, 3.63) is 11.6 Å². The Hall–Kier alpha value is -0.740. The first kappa shape index (κ1) is 26.3. The maximum atomic E-state index is 6.32. The van der Waals surface area contributed by atoms with Crippen molar-refractivity contribution in [2.45, 2.75) is 131 Å². The number of fused-ring (bicyclic) bond motifs is 5. The number of hydrogen-bond acceptors (Lipinski definition) is 1. The number of hydrogen-bond donors (Lipinski definition) is 0. The van der Waals surface area contributed by atoms with Crippen LogP contribution in [-0.2, 0) is 4.74 Å². The van der Waals surface area contributed by atoms with Gasteiger partial charge in [-0.2, -0.15) is 0 Å². The van der Waals surface area contributed by atoms with E-state index < -0.39 is 0 Å². The lowest BCUT2D eigenvalue weighted by Crippen LogP contribution is -2.51. The predicted octanol–water partition coefficient (Wildman–Crippen LogP) is 9.22. The lowest BCUT2D eigenvalue weighted by molar-refractivity contribution is -0.0641. The van der Waals surface area contributed by atoms with Crippen LogP contribution in [0.3, 0.4) is 0 Å². The quantitative estimate of drug-likeness (QED) is 0.177. The van der Waals surface area contributed by atoms with Gasteiger partial charge < -0.3 is 4.74 Å². The standard InChI is InChI=1S/C33H54O/c1-7-8-9-10-22-34-27-18-20-32(5)26(23-27)14-15-28-30-17-16-29(25(4)13-11-12-24(2)3)33(30,6)21-19-31(28)32/h1,14,24-25,27-31H,8-13,15-23H2,2-6H3/t25-,27+,28+,29-,30+,31+,32+,33-/m1/s1. The van der Waals surface area contributed by atoms with Crippen LogP contribution in [0.5, 0.6) is 0 Å². The summed E-state index contributed by atoms with van der Waals surface area (Å²) in [5.41, 5.74) is 2.79. The zero-order valence-electron chi connectivity index (χ0n) is 23.2. The first-order valence-electron chi connectivity index (χ1n) is 15.0. The summed E-state index contributed by atoms with van der Waals surface area (Å²) in [5, 5.41) is 0. The van der Waals surface area contributed by atoms with Crippen molar-refractivity contribution >= 4 is 0 Å². The van der Waals surface area contributed by atoms with Crippen molar-refractivity contribution in [2.24, 2.45) is 46.3 Å². The molecule has 1 heteroatoms. The fourth-order valence-electron chi connectivity index (χ4n) is 9.37. The van der Waals surface area contributed by atoms with E-state index in [0.29, 0.717) is 16.9 Å². The van der Waals surface area contributed by atoms with Gasteiger partial charge in [-0.25, -0.2) is 0 Å². The molecule has 4 aliphatic rings. The predicted molar refractivity (Wildman–Crippen MR) is 145 cm³/mol. The molecule has 3 saturated carbocycles. The van der Waals surface area contributed by atoms with Gasteiger partial charge in [-0.05, 0) is 111 Å². The highest BCUT2D eigenvalue weighted by molar-refractivity contribution is 5.25. The monoisotopic (exact) mass is 466 g/mol. The van der Waals surface area contributed by atoms with Crippen LogP contribution in [-0.4, -0.2) is 12.7 Å². The summed E-state index contributed by atoms with van der Waals surface area (Å²) in [6.07, 6.45) is 27.0. The molecular weight excluding hydrogens is 412 g/mol. The Kier molecular flexibility index (Phi) is 8.61. The van der Waals surface area contributed by atoms with Gasteiger partial charge in [0.25, 0.3) is 0 Å². The molecule has 0 amide bonds. The van der Waals surface area contributed by atoms with Crippen LogP contribution >= 0.6 is 0 Å². The van der Waals surface area contributed by atoms with Crippen molar-refractivity contribution in [1.82, 2.24) is 0 Å². The van der Waals surface area contributed by atoms with Gasteiger partial charge in [0.15, 0.2) is 0 Å². The van der Waals surface area contributed by atoms with Gasteiger partial charge in [0.2, 0.25) is 0 Å². The number of rotatable bonds is 10. The van der Waals surface area contributed by atoms with Crippen LogP contribution in [0.1, 0.15) is 125 Å². The first-order valence-corrected chi connectivity index (χ1v) is 15.0. The second-order valence-electron chi connectivity index (χ2n) is 13.7. The van der Waals surface area contributed by atoms with E-state index in [1.54, 1.807) is 5.57 Å². The van der Waals surface area contributed by atoms with Crippen molar-refractivity contribution in [3.63, 3.8) is 0 Å². The average Bonchev–Trinajstić information content (AvgIpc) is 3.16. The Labute approximate surface area is 212 Å². The lowest BCUT2D eigenvalue weighted by atomic mass is 9.47. The fraction of sp³-hybridized carbons (Fsp3) is 0.879. The van der Waals surface area contributed by atoms with Gasteiger partial charge in [-0.3, -0.25) is 0 Å². The van der Waals surface area contributed by atoms with Gasteiger partial charge in [-0.15, -0.1) is 12.3 Å². The van der Waals surface area contributed by atoms with Crippen LogP contribution in [0, 0.1) is 58.7 Å². The Morgan fingerprint density at radius 3 is 2.59 bits per heavy atom. The molecule has 8 atom stereocenters. The molecule has 34 heavy (non-hydrogen) atoms. The van der Waals surface area contributed by atoms with Crippen LogP contribution < -0.4 is 0 Å². The number of unbranched alkanes of at least 4 members (excludes halogenated alkanes) is 2. The molecule has 0 aromatic carbocycles. The molecule has 3 fully saturated rings. The number of terminal acetylenes is 1. The van der Waals surface area contributed by atoms with E-state index in [1.807, 2.05) is 0 Å². The molecule has 4 aliphatic carbocycles. The SMILES string of the molecule is C#CCCCCO[C@H]1CC[C@@]2(C)C(=CC[C@H]3[C@@H]4CC[C@H]([C@H](C)CCCC(C)C)[C@@]4(C)CC[C@@H]32)C1. The Morgan fingerprint density at radius 2 is 1.82 bits per heavy atom. The van der Waals surface area contributed by atoms with Gasteiger partial charge in [0.05, 0.1) is 6.10 Å². The van der Waals surface area contributed by atoms with E-state index in [9.17, 15) is 0 Å². The van der Waals surface area contributed by atoms with Crippen molar-refractivity contribution in [3.8, 4) is 12.3 Å². The summed E-state index contributed by atoms with van der Waals surface area (Å²) < 4.78 is 6.32. The summed E-state index contributed by atoms with van der Waals surface area (Å²) >= 11 is 0. The number of ether oxygens (including phenoxy) is 1. The van der Waals surface area contributed by atoms with Crippen molar-refractivity contribution < 1.29 is 4.74 Å². The molecular formula is C33H54O. The van der Waals surface area contributed by atoms with Crippen LogP contribution in [0.25, 0.3) is 0 Å². The molecule has 0 unspecified atom stereocenters. The molecule has 0 aliphatic heterocycles. The zero-order chi connectivity index (χ0) is 24.3. The molecule has 0 spiro atoms. The number of allylic oxidation sites excluding steroid dienone is 1.